The molecule has 0 heterocycles. The molecule has 0 fully saturated rings. The lowest BCUT2D eigenvalue weighted by molar-refractivity contribution is -0.123. The third-order valence-electron chi connectivity index (χ3n) is 2.58. The smallest absolute Gasteiger partial charge is 0.258 e. The maximum Gasteiger partial charge on any atom is 0.258 e. The zero-order valence-corrected chi connectivity index (χ0v) is 12.2. The summed E-state index contributed by atoms with van der Waals surface area (Å²) < 4.78 is 19.2. The molecule has 20 heavy (non-hydrogen) atoms. The minimum absolute atomic E-state index is 0.0502. The van der Waals surface area contributed by atoms with E-state index < -0.39 is 5.82 Å². The highest BCUT2D eigenvalue weighted by atomic mass is 79.9. The second-order valence-corrected chi connectivity index (χ2v) is 5.04. The Balaban J connectivity index is 1.82. The van der Waals surface area contributed by atoms with E-state index in [1.807, 2.05) is 30.3 Å². The van der Waals surface area contributed by atoms with E-state index in [1.54, 1.807) is 6.07 Å². The van der Waals surface area contributed by atoms with Gasteiger partial charge in [0, 0.05) is 11.0 Å². The lowest BCUT2D eigenvalue weighted by atomic mass is 10.2. The maximum absolute atomic E-state index is 13.4. The lowest BCUT2D eigenvalue weighted by Crippen LogP contribution is -2.28. The monoisotopic (exact) mass is 337 g/mol. The van der Waals surface area contributed by atoms with Gasteiger partial charge in [-0.1, -0.05) is 46.3 Å². The van der Waals surface area contributed by atoms with Gasteiger partial charge in [-0.25, -0.2) is 4.39 Å². The first-order chi connectivity index (χ1) is 9.65. The molecule has 0 bridgehead atoms. The van der Waals surface area contributed by atoms with Crippen LogP contribution in [0.25, 0.3) is 0 Å². The normalized spacial score (nSPS) is 10.1. The zero-order chi connectivity index (χ0) is 14.4. The first-order valence-electron chi connectivity index (χ1n) is 6.03. The number of carbonyl (C=O) groups excluding carboxylic acids is 1. The third kappa shape index (κ3) is 4.35. The van der Waals surface area contributed by atoms with Crippen molar-refractivity contribution in [3.63, 3.8) is 0 Å². The van der Waals surface area contributed by atoms with Gasteiger partial charge in [0.25, 0.3) is 5.91 Å². The van der Waals surface area contributed by atoms with E-state index in [2.05, 4.69) is 21.2 Å². The Morgan fingerprint density at radius 1 is 1.20 bits per heavy atom. The van der Waals surface area contributed by atoms with Crippen LogP contribution in [0.5, 0.6) is 5.75 Å². The van der Waals surface area contributed by atoms with E-state index in [4.69, 9.17) is 4.74 Å². The summed E-state index contributed by atoms with van der Waals surface area (Å²) in [6, 6.07) is 13.9. The number of benzene rings is 2. The van der Waals surface area contributed by atoms with Crippen molar-refractivity contribution in [2.24, 2.45) is 0 Å². The molecule has 0 unspecified atom stereocenters. The first-order valence-corrected chi connectivity index (χ1v) is 6.83. The molecule has 1 N–H and O–H groups in total. The number of nitrogens with one attached hydrogen (secondary N) is 1. The fourth-order valence-corrected chi connectivity index (χ4v) is 1.92. The molecule has 0 spiro atoms. The number of amides is 1. The van der Waals surface area contributed by atoms with Crippen LogP contribution in [0.15, 0.2) is 53.0 Å². The summed E-state index contributed by atoms with van der Waals surface area (Å²) in [7, 11) is 0. The number of rotatable bonds is 5. The Labute approximate surface area is 124 Å². The molecule has 1 amide bonds. The van der Waals surface area contributed by atoms with Crippen LogP contribution in [-0.2, 0) is 11.3 Å². The van der Waals surface area contributed by atoms with Crippen LogP contribution in [0.3, 0.4) is 0 Å². The summed E-state index contributed by atoms with van der Waals surface area (Å²) in [6.07, 6.45) is 0. The first kappa shape index (κ1) is 14.5. The van der Waals surface area contributed by atoms with Gasteiger partial charge in [0.2, 0.25) is 0 Å². The number of carbonyl (C=O) groups is 1. The number of hydrogen-bond acceptors (Lipinski definition) is 2. The minimum atomic E-state index is -0.496. The van der Waals surface area contributed by atoms with Crippen molar-refractivity contribution in [2.75, 3.05) is 6.61 Å². The highest BCUT2D eigenvalue weighted by Crippen LogP contribution is 2.21. The fourth-order valence-electron chi connectivity index (χ4n) is 1.58. The van der Waals surface area contributed by atoms with Crippen LogP contribution in [0.4, 0.5) is 4.39 Å². The van der Waals surface area contributed by atoms with Gasteiger partial charge in [-0.15, -0.1) is 0 Å². The van der Waals surface area contributed by atoms with Gasteiger partial charge in [-0.2, -0.15) is 0 Å². The molecule has 0 atom stereocenters. The van der Waals surface area contributed by atoms with Crippen molar-refractivity contribution in [1.29, 1.82) is 0 Å². The molecule has 2 rings (SSSR count). The van der Waals surface area contributed by atoms with E-state index in [0.29, 0.717) is 11.0 Å². The predicted octanol–water partition coefficient (Wildman–Crippen LogP) is 3.28. The van der Waals surface area contributed by atoms with Crippen molar-refractivity contribution in [3.8, 4) is 5.75 Å². The molecule has 0 aliphatic heterocycles. The standard InChI is InChI=1S/C15H13BrFNO2/c16-12-6-7-13(17)14(8-12)20-10-15(19)18-9-11-4-2-1-3-5-11/h1-8H,9-10H2,(H,18,19). The van der Waals surface area contributed by atoms with Crippen LogP contribution in [0, 0.1) is 5.82 Å². The molecule has 5 heteroatoms. The summed E-state index contributed by atoms with van der Waals surface area (Å²) in [6.45, 7) is 0.199. The van der Waals surface area contributed by atoms with E-state index in [9.17, 15) is 9.18 Å². The quantitative estimate of drug-likeness (QED) is 0.909. The second-order valence-electron chi connectivity index (χ2n) is 4.13. The van der Waals surface area contributed by atoms with Crippen LogP contribution in [-0.4, -0.2) is 12.5 Å². The highest BCUT2D eigenvalue weighted by Gasteiger charge is 2.07. The largest absolute Gasteiger partial charge is 0.481 e. The molecule has 0 saturated carbocycles. The molecule has 0 saturated heterocycles. The fraction of sp³-hybridized carbons (Fsp3) is 0.133. The Morgan fingerprint density at radius 2 is 1.95 bits per heavy atom. The summed E-state index contributed by atoms with van der Waals surface area (Å²) in [5, 5.41) is 2.71. The van der Waals surface area contributed by atoms with E-state index in [-0.39, 0.29) is 18.3 Å². The Kier molecular flexibility index (Phi) is 5.12. The van der Waals surface area contributed by atoms with Gasteiger partial charge in [0.1, 0.15) is 0 Å². The van der Waals surface area contributed by atoms with Crippen molar-refractivity contribution < 1.29 is 13.9 Å². The second kappa shape index (κ2) is 7.05. The third-order valence-corrected chi connectivity index (χ3v) is 3.08. The van der Waals surface area contributed by atoms with Gasteiger partial charge in [-0.05, 0) is 23.8 Å². The molecule has 0 aliphatic carbocycles. The van der Waals surface area contributed by atoms with Gasteiger partial charge >= 0.3 is 0 Å². The van der Waals surface area contributed by atoms with Gasteiger partial charge in [0.15, 0.2) is 18.2 Å². The summed E-state index contributed by atoms with van der Waals surface area (Å²) in [4.78, 5) is 11.6. The minimum Gasteiger partial charge on any atom is -0.481 e. The Morgan fingerprint density at radius 3 is 2.70 bits per heavy atom. The topological polar surface area (TPSA) is 38.3 Å². The summed E-state index contributed by atoms with van der Waals surface area (Å²) in [5.41, 5.74) is 0.995. The molecule has 104 valence electrons. The SMILES string of the molecule is O=C(COc1cc(Br)ccc1F)NCc1ccccc1. The number of halogens is 2. The van der Waals surface area contributed by atoms with Crippen LogP contribution >= 0.6 is 15.9 Å². The average molecular weight is 338 g/mol. The number of hydrogen-bond donors (Lipinski definition) is 1. The molecular weight excluding hydrogens is 325 g/mol. The lowest BCUT2D eigenvalue weighted by Gasteiger charge is -2.08. The van der Waals surface area contributed by atoms with E-state index in [1.165, 1.54) is 12.1 Å². The van der Waals surface area contributed by atoms with Gasteiger partial charge < -0.3 is 10.1 Å². The van der Waals surface area contributed by atoms with Crippen molar-refractivity contribution in [2.45, 2.75) is 6.54 Å². The maximum atomic E-state index is 13.4. The average Bonchev–Trinajstić information content (AvgIpc) is 2.47. The Hall–Kier alpha value is -1.88. The molecule has 0 aliphatic rings. The van der Waals surface area contributed by atoms with Crippen LogP contribution in [0.1, 0.15) is 5.56 Å². The molecule has 2 aromatic rings. The van der Waals surface area contributed by atoms with Gasteiger partial charge in [0.05, 0.1) is 0 Å². The van der Waals surface area contributed by atoms with E-state index >= 15 is 0 Å². The zero-order valence-electron chi connectivity index (χ0n) is 10.6. The van der Waals surface area contributed by atoms with Crippen molar-refractivity contribution in [1.82, 2.24) is 5.32 Å². The van der Waals surface area contributed by atoms with E-state index in [0.717, 1.165) is 5.56 Å². The predicted molar refractivity (Wildman–Crippen MR) is 77.9 cm³/mol. The number of ether oxygens (including phenoxy) is 1. The molecule has 2 aromatic carbocycles. The van der Waals surface area contributed by atoms with Crippen LogP contribution in [0.2, 0.25) is 0 Å². The summed E-state index contributed by atoms with van der Waals surface area (Å²) in [5.74, 6) is -0.744. The van der Waals surface area contributed by atoms with Crippen LogP contribution < -0.4 is 10.1 Å². The molecule has 3 nitrogen and oxygen atoms in total. The van der Waals surface area contributed by atoms with Crippen molar-refractivity contribution in [3.05, 3.63) is 64.4 Å². The van der Waals surface area contributed by atoms with Gasteiger partial charge in [-0.3, -0.25) is 4.79 Å². The molecule has 0 aromatic heterocycles. The van der Waals surface area contributed by atoms with Crippen molar-refractivity contribution >= 4 is 21.8 Å². The summed E-state index contributed by atoms with van der Waals surface area (Å²) >= 11 is 3.22. The molecular formula is C15H13BrFNO2. The Bertz CT molecular complexity index is 590. The molecule has 0 radical (unpaired) electrons. The highest BCUT2D eigenvalue weighted by molar-refractivity contribution is 9.10.